The highest BCUT2D eigenvalue weighted by atomic mass is 35.5. The number of phenolic OH excluding ortho intramolecular Hbond substituents is 1. The van der Waals surface area contributed by atoms with Crippen LogP contribution in [0.5, 0.6) is 11.5 Å². The van der Waals surface area contributed by atoms with Gasteiger partial charge in [0.25, 0.3) is 0 Å². The Morgan fingerprint density at radius 3 is 2.25 bits per heavy atom. The molecule has 1 aliphatic heterocycles. The van der Waals surface area contributed by atoms with Gasteiger partial charge in [0.2, 0.25) is 6.29 Å². The summed E-state index contributed by atoms with van der Waals surface area (Å²) < 4.78 is 15.5. The Labute approximate surface area is 237 Å². The van der Waals surface area contributed by atoms with E-state index in [-0.39, 0.29) is 41.3 Å². The van der Waals surface area contributed by atoms with E-state index in [1.807, 2.05) is 37.3 Å². The van der Waals surface area contributed by atoms with Gasteiger partial charge in [-0.3, -0.25) is 9.69 Å². The predicted molar refractivity (Wildman–Crippen MR) is 149 cm³/mol. The molecule has 3 aromatic rings. The lowest BCUT2D eigenvalue weighted by Crippen LogP contribution is -2.60. The van der Waals surface area contributed by atoms with Gasteiger partial charge in [-0.1, -0.05) is 44.2 Å². The second-order valence-electron chi connectivity index (χ2n) is 9.05. The van der Waals surface area contributed by atoms with Gasteiger partial charge in [-0.2, -0.15) is 0 Å². The molecule has 1 aromatic heterocycles. The third kappa shape index (κ3) is 7.79. The number of Topliss-reactive ketones (excluding diaryl/α,β-unsaturated/α-hetero) is 1. The molecule has 1 unspecified atom stereocenters. The highest BCUT2D eigenvalue weighted by molar-refractivity contribution is 5.99. The van der Waals surface area contributed by atoms with Crippen molar-refractivity contribution >= 4 is 29.2 Å². The summed E-state index contributed by atoms with van der Waals surface area (Å²) in [6, 6.07) is 14.6. The lowest BCUT2D eigenvalue weighted by Gasteiger charge is -2.39. The fourth-order valence-electron chi connectivity index (χ4n) is 4.25. The summed E-state index contributed by atoms with van der Waals surface area (Å²) in [7, 11) is 0. The molecule has 0 spiro atoms. The van der Waals surface area contributed by atoms with Gasteiger partial charge >= 0.3 is 5.63 Å². The van der Waals surface area contributed by atoms with Crippen molar-refractivity contribution in [3.63, 3.8) is 0 Å². The summed E-state index contributed by atoms with van der Waals surface area (Å²) in [5.74, 6) is -0.270. The minimum atomic E-state index is -1.60. The van der Waals surface area contributed by atoms with Gasteiger partial charge in [0.05, 0.1) is 12.6 Å². The molecule has 40 heavy (non-hydrogen) atoms. The molecule has 1 saturated heterocycles. The van der Waals surface area contributed by atoms with E-state index >= 15 is 0 Å². The summed E-state index contributed by atoms with van der Waals surface area (Å²) >= 11 is 0. The largest absolute Gasteiger partial charge is 0.504 e. The normalized spacial score (nSPS) is 23.1. The number of ether oxygens (including phenoxy) is 2. The molecule has 1 aliphatic rings. The zero-order valence-corrected chi connectivity index (χ0v) is 23.2. The maximum atomic E-state index is 12.1. The third-order valence-electron chi connectivity index (χ3n) is 6.59. The molecule has 6 atom stereocenters. The minimum Gasteiger partial charge on any atom is -0.504 e. The first-order valence-electron chi connectivity index (χ1n) is 12.7. The molecule has 0 saturated carbocycles. The quantitative estimate of drug-likeness (QED) is 0.194. The standard InChI is InChI=1S/C15H16O9.C13H19NO.ClH/c16-5-10-12(19)13(20)14(21)15(24-10)23-9-3-6-1-2-11(18)22-8(6)4-7(9)17;1-4-14(5-2)11(3)13(15)12-9-7-6-8-10-12;/h1-4,10,12-17,19-21H,5H2;6-11H,4-5H2,1-3H3;1H/t10-,12-,13+,14-,15-;;/m1../s1. The highest BCUT2D eigenvalue weighted by Crippen LogP contribution is 2.33. The molecule has 0 amide bonds. The van der Waals surface area contributed by atoms with Crippen LogP contribution < -0.4 is 10.4 Å². The fraction of sp³-hybridized carbons (Fsp3) is 0.429. The number of nitrogens with zero attached hydrogens (tertiary/aromatic N) is 1. The van der Waals surface area contributed by atoms with Crippen LogP contribution in [0, 0.1) is 0 Å². The van der Waals surface area contributed by atoms with Crippen molar-refractivity contribution in [2.75, 3.05) is 19.7 Å². The number of benzene rings is 2. The monoisotopic (exact) mass is 581 g/mol. The zero-order chi connectivity index (χ0) is 28.7. The van der Waals surface area contributed by atoms with E-state index in [1.54, 1.807) is 0 Å². The number of carbonyl (C=O) groups excluding carboxylic acids is 1. The molecule has 12 heteroatoms. The molecule has 0 bridgehead atoms. The van der Waals surface area contributed by atoms with Crippen molar-refractivity contribution in [1.82, 2.24) is 4.90 Å². The van der Waals surface area contributed by atoms with Crippen LogP contribution in [-0.4, -0.2) is 92.7 Å². The summed E-state index contributed by atoms with van der Waals surface area (Å²) in [6.07, 6.45) is -7.27. The van der Waals surface area contributed by atoms with Crippen LogP contribution in [0.2, 0.25) is 0 Å². The second-order valence-corrected chi connectivity index (χ2v) is 9.05. The van der Waals surface area contributed by atoms with Gasteiger partial charge in [-0.15, -0.1) is 12.4 Å². The smallest absolute Gasteiger partial charge is 0.336 e. The van der Waals surface area contributed by atoms with Crippen molar-refractivity contribution in [3.05, 3.63) is 70.6 Å². The van der Waals surface area contributed by atoms with Crippen LogP contribution in [0.1, 0.15) is 31.1 Å². The molecule has 11 nitrogen and oxygen atoms in total. The Balaban J connectivity index is 0.000000304. The maximum Gasteiger partial charge on any atom is 0.336 e. The lowest BCUT2D eigenvalue weighted by molar-refractivity contribution is -0.277. The number of phenols is 1. The molecule has 2 heterocycles. The van der Waals surface area contributed by atoms with Gasteiger partial charge in [-0.25, -0.2) is 4.79 Å². The summed E-state index contributed by atoms with van der Waals surface area (Å²) in [6.45, 7) is 7.37. The zero-order valence-electron chi connectivity index (χ0n) is 22.4. The number of aromatic hydroxyl groups is 1. The highest BCUT2D eigenvalue weighted by Gasteiger charge is 2.45. The number of halogens is 1. The SMILES string of the molecule is CCN(CC)C(C)C(=O)c1ccccc1.Cl.O=c1ccc2cc(O[C@@H]3O[C@H](CO)[C@@H](O)[C@H](O)[C@H]3O)c(O)cc2o1. The number of hydrogen-bond acceptors (Lipinski definition) is 11. The average Bonchev–Trinajstić information content (AvgIpc) is 2.94. The van der Waals surface area contributed by atoms with Crippen molar-refractivity contribution in [2.45, 2.75) is 57.5 Å². The third-order valence-corrected chi connectivity index (χ3v) is 6.59. The lowest BCUT2D eigenvalue weighted by atomic mass is 9.99. The Kier molecular flexibility index (Phi) is 12.5. The van der Waals surface area contributed by atoms with Crippen LogP contribution >= 0.6 is 12.4 Å². The van der Waals surface area contributed by atoms with E-state index in [0.717, 1.165) is 24.7 Å². The number of carbonyl (C=O) groups is 1. The van der Waals surface area contributed by atoms with Gasteiger partial charge < -0.3 is 39.4 Å². The number of likely N-dealkylation sites (N-methyl/N-ethyl adjacent to an activating group) is 1. The van der Waals surface area contributed by atoms with E-state index in [2.05, 4.69) is 18.7 Å². The number of rotatable bonds is 8. The van der Waals surface area contributed by atoms with Crippen LogP contribution in [0.15, 0.2) is 63.8 Å². The summed E-state index contributed by atoms with van der Waals surface area (Å²) in [4.78, 5) is 25.4. The molecule has 1 fully saturated rings. The molecule has 5 N–H and O–H groups in total. The van der Waals surface area contributed by atoms with Crippen molar-refractivity contribution < 1.29 is 44.2 Å². The number of hydrogen-bond donors (Lipinski definition) is 5. The Bertz CT molecular complexity index is 1280. The first-order valence-corrected chi connectivity index (χ1v) is 12.7. The minimum absolute atomic E-state index is 0. The fourth-order valence-corrected chi connectivity index (χ4v) is 4.25. The Hall–Kier alpha value is -3.03. The van der Waals surface area contributed by atoms with Crippen LogP contribution in [0.3, 0.4) is 0 Å². The number of aliphatic hydroxyl groups excluding tert-OH is 4. The van der Waals surface area contributed by atoms with Crippen LogP contribution in [0.4, 0.5) is 0 Å². The van der Waals surface area contributed by atoms with Gasteiger partial charge in [-0.05, 0) is 32.1 Å². The number of aliphatic hydroxyl groups is 4. The topological polar surface area (TPSA) is 170 Å². The van der Waals surface area contributed by atoms with Crippen LogP contribution in [-0.2, 0) is 4.74 Å². The van der Waals surface area contributed by atoms with Crippen molar-refractivity contribution in [3.8, 4) is 11.5 Å². The molecular formula is C28H36ClNO10. The Morgan fingerprint density at radius 2 is 1.65 bits per heavy atom. The van der Waals surface area contributed by atoms with E-state index in [1.165, 1.54) is 18.2 Å². The molecule has 0 radical (unpaired) electrons. The van der Waals surface area contributed by atoms with Gasteiger partial charge in [0, 0.05) is 23.1 Å². The number of ketones is 1. The van der Waals surface area contributed by atoms with E-state index in [0.29, 0.717) is 5.39 Å². The molecule has 2 aromatic carbocycles. The van der Waals surface area contributed by atoms with E-state index < -0.39 is 42.9 Å². The van der Waals surface area contributed by atoms with Crippen LogP contribution in [0.25, 0.3) is 11.0 Å². The summed E-state index contributed by atoms with van der Waals surface area (Å²) in [5, 5.41) is 49.0. The average molecular weight is 582 g/mol. The van der Waals surface area contributed by atoms with Crippen molar-refractivity contribution in [2.24, 2.45) is 0 Å². The first kappa shape index (κ1) is 33.2. The van der Waals surface area contributed by atoms with E-state index in [4.69, 9.17) is 19.0 Å². The number of fused-ring (bicyclic) bond motifs is 1. The molecule has 0 aliphatic carbocycles. The van der Waals surface area contributed by atoms with Crippen molar-refractivity contribution in [1.29, 1.82) is 0 Å². The molecule has 4 rings (SSSR count). The molecule has 220 valence electrons. The Morgan fingerprint density at radius 1 is 1.00 bits per heavy atom. The van der Waals surface area contributed by atoms with Gasteiger partial charge in [0.15, 0.2) is 17.3 Å². The second kappa shape index (κ2) is 15.1. The molecular weight excluding hydrogens is 546 g/mol. The van der Waals surface area contributed by atoms with Gasteiger partial charge in [0.1, 0.15) is 30.0 Å². The maximum absolute atomic E-state index is 12.1. The first-order chi connectivity index (χ1) is 18.6. The van der Waals surface area contributed by atoms with E-state index in [9.17, 15) is 30.0 Å². The predicted octanol–water partition coefficient (Wildman–Crippen LogP) is 1.70. The summed E-state index contributed by atoms with van der Waals surface area (Å²) in [5.41, 5.74) is 0.363.